The molecule has 1 aromatic rings. The molecule has 0 radical (unpaired) electrons. The van der Waals surface area contributed by atoms with Gasteiger partial charge in [0.25, 0.3) is 0 Å². The van der Waals surface area contributed by atoms with Gasteiger partial charge in [0.1, 0.15) is 0 Å². The van der Waals surface area contributed by atoms with Crippen LogP contribution in [0.4, 0.5) is 0 Å². The summed E-state index contributed by atoms with van der Waals surface area (Å²) in [4.78, 5) is 21.2. The molecule has 1 aromatic carbocycles. The molecule has 6 nitrogen and oxygen atoms in total. The van der Waals surface area contributed by atoms with Gasteiger partial charge in [0.05, 0.1) is 19.7 Å². The van der Waals surface area contributed by atoms with E-state index in [1.54, 1.807) is 0 Å². The van der Waals surface area contributed by atoms with Gasteiger partial charge in [0, 0.05) is 36.7 Å². The molecule has 30 heavy (non-hydrogen) atoms. The Balaban J connectivity index is 1.75. The van der Waals surface area contributed by atoms with Gasteiger partial charge in [-0.25, -0.2) is 0 Å². The normalized spacial score (nSPS) is 24.5. The first kappa shape index (κ1) is 22.8. The fourth-order valence-electron chi connectivity index (χ4n) is 4.63. The molecular weight excluding hydrogens is 376 g/mol. The van der Waals surface area contributed by atoms with E-state index in [-0.39, 0.29) is 30.5 Å². The van der Waals surface area contributed by atoms with E-state index in [9.17, 15) is 9.90 Å². The first-order chi connectivity index (χ1) is 14.4. The van der Waals surface area contributed by atoms with Gasteiger partial charge in [-0.15, -0.1) is 0 Å². The number of carbonyl (C=O) groups is 1. The zero-order valence-corrected chi connectivity index (χ0v) is 18.8. The summed E-state index contributed by atoms with van der Waals surface area (Å²) < 4.78 is 0. The fourth-order valence-corrected chi connectivity index (χ4v) is 4.63. The summed E-state index contributed by atoms with van der Waals surface area (Å²) in [6.45, 7) is 3.89. The third kappa shape index (κ3) is 5.41. The van der Waals surface area contributed by atoms with Crippen molar-refractivity contribution in [2.75, 3.05) is 67.5 Å². The number of rotatable bonds is 5. The Morgan fingerprint density at radius 2 is 1.80 bits per heavy atom. The predicted octanol–water partition coefficient (Wildman–Crippen LogP) is 0.912. The van der Waals surface area contributed by atoms with Crippen LogP contribution in [-0.4, -0.2) is 110 Å². The van der Waals surface area contributed by atoms with Gasteiger partial charge in [0.2, 0.25) is 5.91 Å². The third-order valence-electron chi connectivity index (χ3n) is 6.10. The highest BCUT2D eigenvalue weighted by atomic mass is 16.3. The molecule has 2 aliphatic rings. The molecule has 1 N–H and O–H groups in total. The van der Waals surface area contributed by atoms with E-state index in [2.05, 4.69) is 41.0 Å². The molecule has 2 fully saturated rings. The Morgan fingerprint density at radius 3 is 2.43 bits per heavy atom. The second-order valence-electron chi connectivity index (χ2n) is 9.03. The molecule has 3 rings (SSSR count). The van der Waals surface area contributed by atoms with Crippen LogP contribution in [0.1, 0.15) is 29.9 Å². The van der Waals surface area contributed by atoms with Gasteiger partial charge in [-0.05, 0) is 65.3 Å². The topological polar surface area (TPSA) is 50.3 Å². The summed E-state index contributed by atoms with van der Waals surface area (Å²) in [5.74, 6) is 6.82. The van der Waals surface area contributed by atoms with Crippen LogP contribution < -0.4 is 0 Å². The smallest absolute Gasteiger partial charge is 0.236 e. The lowest BCUT2D eigenvalue weighted by Crippen LogP contribution is -2.68. The van der Waals surface area contributed by atoms with Crippen LogP contribution >= 0.6 is 0 Å². The van der Waals surface area contributed by atoms with E-state index in [4.69, 9.17) is 0 Å². The van der Waals surface area contributed by atoms with Crippen LogP contribution in [0.25, 0.3) is 0 Å². The molecule has 0 aromatic heterocycles. The van der Waals surface area contributed by atoms with Gasteiger partial charge in [-0.3, -0.25) is 14.6 Å². The molecule has 2 saturated heterocycles. The zero-order chi connectivity index (χ0) is 21.7. The highest BCUT2D eigenvalue weighted by Crippen LogP contribution is 2.41. The molecule has 0 aliphatic carbocycles. The van der Waals surface area contributed by atoms with Crippen LogP contribution in [0.3, 0.4) is 0 Å². The highest BCUT2D eigenvalue weighted by molar-refractivity contribution is 5.78. The Bertz CT molecular complexity index is 766. The highest BCUT2D eigenvalue weighted by Gasteiger charge is 2.49. The monoisotopic (exact) mass is 412 g/mol. The predicted molar refractivity (Wildman–Crippen MR) is 120 cm³/mol. The number of fused-ring (bicyclic) bond motifs is 1. The lowest BCUT2D eigenvalue weighted by Gasteiger charge is -2.57. The van der Waals surface area contributed by atoms with Crippen molar-refractivity contribution in [3.63, 3.8) is 0 Å². The summed E-state index contributed by atoms with van der Waals surface area (Å²) in [5.41, 5.74) is 2.24. The molecule has 0 bridgehead atoms. The van der Waals surface area contributed by atoms with Gasteiger partial charge >= 0.3 is 0 Å². The average Bonchev–Trinajstić information content (AvgIpc) is 2.67. The van der Waals surface area contributed by atoms with Crippen molar-refractivity contribution in [3.8, 4) is 11.8 Å². The number of hydrogen-bond donors (Lipinski definition) is 1. The zero-order valence-electron chi connectivity index (χ0n) is 18.8. The summed E-state index contributed by atoms with van der Waals surface area (Å²) >= 11 is 0. The second-order valence-corrected chi connectivity index (χ2v) is 9.03. The summed E-state index contributed by atoms with van der Waals surface area (Å²) in [5, 5.41) is 10.1. The van der Waals surface area contributed by atoms with E-state index >= 15 is 0 Å². The van der Waals surface area contributed by atoms with Crippen LogP contribution in [0.2, 0.25) is 0 Å². The van der Waals surface area contributed by atoms with Crippen molar-refractivity contribution in [1.29, 1.82) is 0 Å². The number of amides is 1. The molecule has 0 spiro atoms. The Morgan fingerprint density at radius 1 is 1.10 bits per heavy atom. The van der Waals surface area contributed by atoms with E-state index in [1.807, 2.05) is 42.9 Å². The molecule has 3 atom stereocenters. The largest absolute Gasteiger partial charge is 0.395 e. The lowest BCUT2D eigenvalue weighted by atomic mass is 9.74. The fraction of sp³-hybridized carbons (Fsp3) is 0.625. The maximum atomic E-state index is 12.7. The van der Waals surface area contributed by atoms with Crippen molar-refractivity contribution in [2.24, 2.45) is 0 Å². The summed E-state index contributed by atoms with van der Waals surface area (Å²) in [6, 6.07) is 8.84. The maximum Gasteiger partial charge on any atom is 0.236 e. The number of likely N-dealkylation sites (N-methyl/N-ethyl adjacent to an activating group) is 1. The number of benzene rings is 1. The number of aliphatic hydroxyl groups excluding tert-OH is 1. The van der Waals surface area contributed by atoms with Crippen LogP contribution in [0.5, 0.6) is 0 Å². The van der Waals surface area contributed by atoms with Crippen LogP contribution in [0, 0.1) is 11.8 Å². The average molecular weight is 413 g/mol. The summed E-state index contributed by atoms with van der Waals surface area (Å²) in [6.07, 6.45) is 2.08. The number of nitrogens with zero attached hydrogens (tertiary/aromatic N) is 4. The third-order valence-corrected chi connectivity index (χ3v) is 6.10. The van der Waals surface area contributed by atoms with Gasteiger partial charge in [-0.2, -0.15) is 0 Å². The molecule has 6 heteroatoms. The molecule has 1 amide bonds. The molecule has 164 valence electrons. The minimum atomic E-state index is 0.129. The Hall–Kier alpha value is -1.91. The van der Waals surface area contributed by atoms with E-state index in [0.717, 1.165) is 44.6 Å². The van der Waals surface area contributed by atoms with E-state index in [0.29, 0.717) is 6.54 Å². The molecular formula is C24H36N4O2. The number of carbonyl (C=O) groups excluding carboxylic acids is 1. The second kappa shape index (κ2) is 10.4. The van der Waals surface area contributed by atoms with E-state index < -0.39 is 0 Å². The Labute approximate surface area is 181 Å². The van der Waals surface area contributed by atoms with E-state index in [1.165, 1.54) is 5.56 Å². The standard InChI is InChI=1S/C24H36N4O2/c1-25(2)13-7-8-19-9-11-20(12-10-19)24-21-16-27(23(30)17-26(3)4)14-5-6-15-28(21)22(24)18-29/h9-12,21-22,24,29H,5-6,13-18H2,1-4H3/t21-,22+,24+/m0/s1. The number of aliphatic hydroxyl groups is 1. The molecule has 0 unspecified atom stereocenters. The SMILES string of the molecule is CN(C)CC#Cc1ccc([C@H]2[C@@H](CO)N3CCCCN(C(=O)CN(C)C)C[C@@H]23)cc1. The summed E-state index contributed by atoms with van der Waals surface area (Å²) in [7, 11) is 7.89. The van der Waals surface area contributed by atoms with Gasteiger partial charge in [-0.1, -0.05) is 24.0 Å². The first-order valence-corrected chi connectivity index (χ1v) is 10.9. The van der Waals surface area contributed by atoms with Crippen LogP contribution in [0.15, 0.2) is 24.3 Å². The first-order valence-electron chi connectivity index (χ1n) is 10.9. The maximum absolute atomic E-state index is 12.7. The van der Waals surface area contributed by atoms with Crippen molar-refractivity contribution in [1.82, 2.24) is 19.6 Å². The molecule has 2 heterocycles. The quantitative estimate of drug-likeness (QED) is 0.729. The molecule has 0 saturated carbocycles. The lowest BCUT2D eigenvalue weighted by molar-refractivity contribution is -0.137. The van der Waals surface area contributed by atoms with Gasteiger partial charge < -0.3 is 14.9 Å². The van der Waals surface area contributed by atoms with Crippen molar-refractivity contribution in [3.05, 3.63) is 35.4 Å². The van der Waals surface area contributed by atoms with Crippen molar-refractivity contribution in [2.45, 2.75) is 30.8 Å². The van der Waals surface area contributed by atoms with Crippen molar-refractivity contribution < 1.29 is 9.90 Å². The minimum Gasteiger partial charge on any atom is -0.395 e. The minimum absolute atomic E-state index is 0.129. The molecule has 2 aliphatic heterocycles. The van der Waals surface area contributed by atoms with Crippen molar-refractivity contribution >= 4 is 5.91 Å². The Kier molecular flexibility index (Phi) is 7.90. The number of hydrogen-bond acceptors (Lipinski definition) is 5. The van der Waals surface area contributed by atoms with Crippen LogP contribution in [-0.2, 0) is 4.79 Å². The van der Waals surface area contributed by atoms with Gasteiger partial charge in [0.15, 0.2) is 0 Å².